The van der Waals surface area contributed by atoms with E-state index in [-0.39, 0.29) is 11.9 Å². The minimum absolute atomic E-state index is 0.185. The number of aryl methyl sites for hydroxylation is 1. The monoisotopic (exact) mass is 423 g/mol. The van der Waals surface area contributed by atoms with E-state index in [9.17, 15) is 4.79 Å². The average Bonchev–Trinajstić information content (AvgIpc) is 3.10. The van der Waals surface area contributed by atoms with Crippen molar-refractivity contribution in [3.63, 3.8) is 0 Å². The van der Waals surface area contributed by atoms with Gasteiger partial charge in [-0.05, 0) is 19.1 Å². The molecular formula is C17H15Cl2N5O2S. The minimum atomic E-state index is -0.358. The Morgan fingerprint density at radius 2 is 2.11 bits per heavy atom. The fourth-order valence-corrected chi connectivity index (χ4v) is 3.21. The average molecular weight is 424 g/mol. The molecule has 27 heavy (non-hydrogen) atoms. The molecule has 2 heterocycles. The number of rotatable bonds is 6. The number of amides is 1. The Balaban J connectivity index is 1.73. The molecule has 0 atom stereocenters. The lowest BCUT2D eigenvalue weighted by Crippen LogP contribution is -2.16. The summed E-state index contributed by atoms with van der Waals surface area (Å²) in [4.78, 5) is 25.1. The van der Waals surface area contributed by atoms with Crippen LogP contribution in [0.15, 0.2) is 29.8 Å². The molecule has 0 aliphatic rings. The first-order chi connectivity index (χ1) is 13.0. The maximum Gasteiger partial charge on any atom is 0.316 e. The molecule has 7 nitrogen and oxygen atoms in total. The standard InChI is InChI=1S/C17H15Cl2N5O2S/c1-9-11(7-21-17(22-9)26-5-4-20)15(25)23-14-8-27-16(24-14)10-2-3-12(18)13(19)6-10/h2-3,6-8H,4-5,20H2,1H3,(H,23,25). The van der Waals surface area contributed by atoms with Crippen molar-refractivity contribution in [2.75, 3.05) is 18.5 Å². The summed E-state index contributed by atoms with van der Waals surface area (Å²) in [6.45, 7) is 2.37. The van der Waals surface area contributed by atoms with E-state index in [0.717, 1.165) is 5.56 Å². The summed E-state index contributed by atoms with van der Waals surface area (Å²) in [5, 5.41) is 6.11. The third kappa shape index (κ3) is 4.72. The van der Waals surface area contributed by atoms with Crippen LogP contribution in [0.5, 0.6) is 6.01 Å². The van der Waals surface area contributed by atoms with Crippen LogP contribution >= 0.6 is 34.5 Å². The molecule has 0 radical (unpaired) electrons. The molecule has 2 aromatic heterocycles. The van der Waals surface area contributed by atoms with Gasteiger partial charge in [0.05, 0.1) is 21.3 Å². The Morgan fingerprint density at radius 1 is 1.30 bits per heavy atom. The summed E-state index contributed by atoms with van der Waals surface area (Å²) in [5.41, 5.74) is 7.02. The fourth-order valence-electron chi connectivity index (χ4n) is 2.16. The second-order valence-corrected chi connectivity index (χ2v) is 7.08. The van der Waals surface area contributed by atoms with Crippen molar-refractivity contribution in [2.24, 2.45) is 5.73 Å². The van der Waals surface area contributed by atoms with Crippen LogP contribution in [0, 0.1) is 6.92 Å². The zero-order chi connectivity index (χ0) is 19.4. The maximum atomic E-state index is 12.5. The lowest BCUT2D eigenvalue weighted by molar-refractivity contribution is 0.102. The molecule has 0 aliphatic heterocycles. The number of hydrogen-bond acceptors (Lipinski definition) is 7. The molecule has 10 heteroatoms. The van der Waals surface area contributed by atoms with Crippen LogP contribution in [0.1, 0.15) is 16.1 Å². The van der Waals surface area contributed by atoms with E-state index >= 15 is 0 Å². The van der Waals surface area contributed by atoms with Gasteiger partial charge in [-0.1, -0.05) is 29.3 Å². The quantitative estimate of drug-likeness (QED) is 0.624. The zero-order valence-electron chi connectivity index (χ0n) is 14.2. The highest BCUT2D eigenvalue weighted by Crippen LogP contribution is 2.31. The number of aromatic nitrogens is 3. The van der Waals surface area contributed by atoms with Crippen molar-refractivity contribution in [1.82, 2.24) is 15.0 Å². The largest absolute Gasteiger partial charge is 0.462 e. The van der Waals surface area contributed by atoms with Crippen LogP contribution in [0.25, 0.3) is 10.6 Å². The van der Waals surface area contributed by atoms with Crippen LogP contribution < -0.4 is 15.8 Å². The van der Waals surface area contributed by atoms with Crippen molar-refractivity contribution < 1.29 is 9.53 Å². The van der Waals surface area contributed by atoms with Crippen LogP contribution in [-0.2, 0) is 0 Å². The van der Waals surface area contributed by atoms with E-state index in [1.54, 1.807) is 24.4 Å². The molecule has 0 bridgehead atoms. The summed E-state index contributed by atoms with van der Waals surface area (Å²) in [7, 11) is 0. The topological polar surface area (TPSA) is 103 Å². The first kappa shape index (κ1) is 19.5. The van der Waals surface area contributed by atoms with Crippen molar-refractivity contribution in [2.45, 2.75) is 6.92 Å². The van der Waals surface area contributed by atoms with E-state index in [0.29, 0.717) is 45.3 Å². The highest BCUT2D eigenvalue weighted by atomic mass is 35.5. The first-order valence-corrected chi connectivity index (χ1v) is 9.50. The second kappa shape index (κ2) is 8.62. The third-order valence-electron chi connectivity index (χ3n) is 3.46. The highest BCUT2D eigenvalue weighted by molar-refractivity contribution is 7.13. The van der Waals surface area contributed by atoms with Crippen LogP contribution in [0.3, 0.4) is 0 Å². The second-order valence-electron chi connectivity index (χ2n) is 5.41. The van der Waals surface area contributed by atoms with Gasteiger partial charge in [0.25, 0.3) is 5.91 Å². The molecule has 1 aromatic carbocycles. The summed E-state index contributed by atoms with van der Waals surface area (Å²) < 4.78 is 5.25. The smallest absolute Gasteiger partial charge is 0.316 e. The zero-order valence-corrected chi connectivity index (χ0v) is 16.5. The minimum Gasteiger partial charge on any atom is -0.462 e. The first-order valence-electron chi connectivity index (χ1n) is 7.86. The number of halogens is 2. The molecule has 3 rings (SSSR count). The molecule has 0 spiro atoms. The fraction of sp³-hybridized carbons (Fsp3) is 0.176. The Morgan fingerprint density at radius 3 is 2.81 bits per heavy atom. The van der Waals surface area contributed by atoms with Gasteiger partial charge in [-0.15, -0.1) is 11.3 Å². The molecule has 140 valence electrons. The van der Waals surface area contributed by atoms with E-state index in [4.69, 9.17) is 33.7 Å². The Kier molecular flexibility index (Phi) is 6.22. The molecule has 0 fully saturated rings. The number of ether oxygens (including phenoxy) is 1. The SMILES string of the molecule is Cc1nc(OCCN)ncc1C(=O)Nc1csc(-c2ccc(Cl)c(Cl)c2)n1. The van der Waals surface area contributed by atoms with Crippen molar-refractivity contribution >= 4 is 46.3 Å². The Hall–Kier alpha value is -2.26. The number of nitrogens with two attached hydrogens (primary N) is 1. The summed E-state index contributed by atoms with van der Waals surface area (Å²) in [6, 6.07) is 5.43. The number of hydrogen-bond donors (Lipinski definition) is 2. The van der Waals surface area contributed by atoms with E-state index in [2.05, 4.69) is 20.3 Å². The van der Waals surface area contributed by atoms with Gasteiger partial charge in [0.15, 0.2) is 0 Å². The lowest BCUT2D eigenvalue weighted by atomic mass is 10.2. The number of benzene rings is 1. The van der Waals surface area contributed by atoms with E-state index in [1.165, 1.54) is 17.5 Å². The van der Waals surface area contributed by atoms with Gasteiger partial charge < -0.3 is 15.8 Å². The molecule has 3 aromatic rings. The lowest BCUT2D eigenvalue weighted by Gasteiger charge is -2.07. The molecular weight excluding hydrogens is 409 g/mol. The molecule has 1 amide bonds. The van der Waals surface area contributed by atoms with Crippen molar-refractivity contribution in [3.8, 4) is 16.6 Å². The van der Waals surface area contributed by atoms with Crippen LogP contribution in [0.2, 0.25) is 10.0 Å². The predicted molar refractivity (Wildman–Crippen MR) is 107 cm³/mol. The van der Waals surface area contributed by atoms with Gasteiger partial charge in [0, 0.05) is 23.7 Å². The number of anilines is 1. The molecule has 0 saturated carbocycles. The Labute approximate surface area is 169 Å². The highest BCUT2D eigenvalue weighted by Gasteiger charge is 2.15. The molecule has 3 N–H and O–H groups in total. The predicted octanol–water partition coefficient (Wildman–Crippen LogP) is 3.81. The maximum absolute atomic E-state index is 12.5. The Bertz CT molecular complexity index is 980. The number of carbonyl (C=O) groups is 1. The van der Waals surface area contributed by atoms with Gasteiger partial charge in [-0.3, -0.25) is 4.79 Å². The van der Waals surface area contributed by atoms with Gasteiger partial charge in [-0.25, -0.2) is 9.97 Å². The van der Waals surface area contributed by atoms with E-state index in [1.807, 2.05) is 6.07 Å². The van der Waals surface area contributed by atoms with Gasteiger partial charge >= 0.3 is 6.01 Å². The molecule has 0 saturated heterocycles. The third-order valence-corrected chi connectivity index (χ3v) is 5.09. The normalized spacial score (nSPS) is 10.7. The number of carbonyl (C=O) groups excluding carboxylic acids is 1. The summed E-state index contributed by atoms with van der Waals surface area (Å²) in [5.74, 6) is 0.0674. The van der Waals surface area contributed by atoms with Crippen molar-refractivity contribution in [3.05, 3.63) is 51.1 Å². The summed E-state index contributed by atoms with van der Waals surface area (Å²) >= 11 is 13.4. The molecule has 0 unspecified atom stereocenters. The van der Waals surface area contributed by atoms with Crippen LogP contribution in [-0.4, -0.2) is 34.0 Å². The van der Waals surface area contributed by atoms with Crippen LogP contribution in [0.4, 0.5) is 5.82 Å². The van der Waals surface area contributed by atoms with Gasteiger partial charge in [0.1, 0.15) is 17.4 Å². The molecule has 0 aliphatic carbocycles. The van der Waals surface area contributed by atoms with Crippen molar-refractivity contribution in [1.29, 1.82) is 0 Å². The number of thiazole rings is 1. The van der Waals surface area contributed by atoms with Gasteiger partial charge in [-0.2, -0.15) is 4.98 Å². The van der Waals surface area contributed by atoms with E-state index < -0.39 is 0 Å². The summed E-state index contributed by atoms with van der Waals surface area (Å²) in [6.07, 6.45) is 1.41. The number of nitrogens with zero attached hydrogens (tertiary/aromatic N) is 3. The number of nitrogens with one attached hydrogen (secondary N) is 1. The van der Waals surface area contributed by atoms with Gasteiger partial charge in [0.2, 0.25) is 0 Å².